The van der Waals surface area contributed by atoms with E-state index in [-0.39, 0.29) is 10.8 Å². The standard InChI is InChI=1S/C8H7BrClIN4O2S/c1-14(2)18(16,17)15-3-4(11)5-8(15)13-7(10)6(9)12-5/h3H,1-2H3. The summed E-state index contributed by atoms with van der Waals surface area (Å²) in [6.07, 6.45) is 1.46. The van der Waals surface area contributed by atoms with Gasteiger partial charge in [-0.1, -0.05) is 11.6 Å². The first-order chi connectivity index (χ1) is 8.25. The van der Waals surface area contributed by atoms with Crippen LogP contribution in [0.5, 0.6) is 0 Å². The summed E-state index contributed by atoms with van der Waals surface area (Å²) in [5.41, 5.74) is 0.693. The van der Waals surface area contributed by atoms with Gasteiger partial charge in [0.05, 0.1) is 3.57 Å². The lowest BCUT2D eigenvalue weighted by Crippen LogP contribution is -2.28. The van der Waals surface area contributed by atoms with Crippen molar-refractivity contribution in [2.75, 3.05) is 14.1 Å². The van der Waals surface area contributed by atoms with E-state index >= 15 is 0 Å². The second kappa shape index (κ2) is 4.85. The van der Waals surface area contributed by atoms with Crippen molar-refractivity contribution in [2.24, 2.45) is 0 Å². The number of fused-ring (bicyclic) bond motifs is 1. The molecule has 6 nitrogen and oxygen atoms in total. The summed E-state index contributed by atoms with van der Waals surface area (Å²) in [7, 11) is -0.751. The van der Waals surface area contributed by atoms with Gasteiger partial charge in [0.1, 0.15) is 10.1 Å². The average molecular weight is 465 g/mol. The molecule has 0 bridgehead atoms. The number of nitrogens with zero attached hydrogens (tertiary/aromatic N) is 4. The Morgan fingerprint density at radius 2 is 2.06 bits per heavy atom. The highest BCUT2D eigenvalue weighted by Crippen LogP contribution is 2.27. The molecule has 0 aliphatic rings. The van der Waals surface area contributed by atoms with Gasteiger partial charge in [0.2, 0.25) is 0 Å². The third kappa shape index (κ3) is 2.26. The average Bonchev–Trinajstić information content (AvgIpc) is 2.57. The quantitative estimate of drug-likeness (QED) is 0.638. The molecule has 2 aromatic rings. The maximum absolute atomic E-state index is 12.1. The van der Waals surface area contributed by atoms with Crippen LogP contribution in [0, 0.1) is 3.57 Å². The maximum atomic E-state index is 12.1. The molecule has 0 aliphatic heterocycles. The summed E-state index contributed by atoms with van der Waals surface area (Å²) in [6.45, 7) is 0. The fourth-order valence-electron chi connectivity index (χ4n) is 1.28. The molecule has 0 N–H and O–H groups in total. The fourth-order valence-corrected chi connectivity index (χ4v) is 3.43. The van der Waals surface area contributed by atoms with Crippen molar-refractivity contribution < 1.29 is 8.42 Å². The third-order valence-corrected chi connectivity index (χ3v) is 5.70. The molecule has 2 aromatic heterocycles. The predicted octanol–water partition coefficient (Wildman–Crippen LogP) is 2.11. The van der Waals surface area contributed by atoms with Crippen LogP contribution in [0.2, 0.25) is 5.15 Å². The zero-order valence-electron chi connectivity index (χ0n) is 9.22. The SMILES string of the molecule is CN(C)S(=O)(=O)n1cc(I)c2nc(Br)c(Cl)nc21. The van der Waals surface area contributed by atoms with Crippen LogP contribution in [0.4, 0.5) is 0 Å². The number of halogens is 3. The number of hydrogen-bond donors (Lipinski definition) is 0. The molecule has 2 heterocycles. The van der Waals surface area contributed by atoms with Gasteiger partial charge in [-0.2, -0.15) is 12.7 Å². The first-order valence-electron chi connectivity index (χ1n) is 4.57. The lowest BCUT2D eigenvalue weighted by molar-refractivity contribution is 0.512. The van der Waals surface area contributed by atoms with Crippen molar-refractivity contribution in [1.82, 2.24) is 18.2 Å². The molecule has 0 aromatic carbocycles. The summed E-state index contributed by atoms with van der Waals surface area (Å²) in [5, 5.41) is 0.118. The van der Waals surface area contributed by atoms with Crippen LogP contribution in [-0.2, 0) is 10.2 Å². The summed E-state index contributed by atoms with van der Waals surface area (Å²) in [6, 6.07) is 0. The number of hydrogen-bond acceptors (Lipinski definition) is 4. The van der Waals surface area contributed by atoms with Crippen molar-refractivity contribution in [3.63, 3.8) is 0 Å². The van der Waals surface area contributed by atoms with E-state index in [0.29, 0.717) is 13.7 Å². The molecule has 18 heavy (non-hydrogen) atoms. The molecule has 0 amide bonds. The van der Waals surface area contributed by atoms with Gasteiger partial charge >= 0.3 is 10.2 Å². The van der Waals surface area contributed by atoms with Crippen molar-refractivity contribution in [3.05, 3.63) is 19.5 Å². The van der Waals surface area contributed by atoms with Gasteiger partial charge in [0, 0.05) is 20.3 Å². The highest BCUT2D eigenvalue weighted by molar-refractivity contribution is 14.1. The zero-order chi connectivity index (χ0) is 13.7. The van der Waals surface area contributed by atoms with Crippen LogP contribution in [0.25, 0.3) is 11.2 Å². The van der Waals surface area contributed by atoms with E-state index in [1.165, 1.54) is 20.3 Å². The molecule has 98 valence electrons. The van der Waals surface area contributed by atoms with Gasteiger partial charge in [0.25, 0.3) is 0 Å². The topological polar surface area (TPSA) is 68.1 Å². The van der Waals surface area contributed by atoms with E-state index in [2.05, 4.69) is 25.9 Å². The summed E-state index contributed by atoms with van der Waals surface area (Å²) in [5.74, 6) is 0. The highest BCUT2D eigenvalue weighted by Gasteiger charge is 2.23. The Bertz CT molecular complexity index is 730. The van der Waals surface area contributed by atoms with Gasteiger partial charge in [-0.25, -0.2) is 13.9 Å². The van der Waals surface area contributed by atoms with E-state index in [1.807, 2.05) is 22.6 Å². The Hall–Kier alpha value is 0.0300. The minimum Gasteiger partial charge on any atom is -0.233 e. The van der Waals surface area contributed by atoms with Crippen molar-refractivity contribution in [2.45, 2.75) is 0 Å². The zero-order valence-corrected chi connectivity index (χ0v) is 14.5. The van der Waals surface area contributed by atoms with Gasteiger partial charge in [-0.15, -0.1) is 0 Å². The number of rotatable bonds is 2. The minimum absolute atomic E-state index is 0.118. The van der Waals surface area contributed by atoms with Gasteiger partial charge < -0.3 is 0 Å². The molecular weight excluding hydrogens is 458 g/mol. The Balaban J connectivity index is 2.87. The van der Waals surface area contributed by atoms with Crippen LogP contribution in [0.1, 0.15) is 0 Å². The Morgan fingerprint density at radius 3 is 2.61 bits per heavy atom. The van der Waals surface area contributed by atoms with Crippen LogP contribution in [0.3, 0.4) is 0 Å². The van der Waals surface area contributed by atoms with Crippen molar-refractivity contribution in [1.29, 1.82) is 0 Å². The molecule has 0 fully saturated rings. The van der Waals surface area contributed by atoms with E-state index < -0.39 is 10.2 Å². The maximum Gasteiger partial charge on any atom is 0.308 e. The molecule has 0 aliphatic carbocycles. The molecular formula is C8H7BrClIN4O2S. The highest BCUT2D eigenvalue weighted by atomic mass is 127. The third-order valence-electron chi connectivity index (χ3n) is 2.17. The molecule has 2 rings (SSSR count). The van der Waals surface area contributed by atoms with Crippen LogP contribution < -0.4 is 0 Å². The largest absolute Gasteiger partial charge is 0.308 e. The lowest BCUT2D eigenvalue weighted by Gasteiger charge is -2.12. The summed E-state index contributed by atoms with van der Waals surface area (Å²) >= 11 is 11.0. The minimum atomic E-state index is -3.64. The van der Waals surface area contributed by atoms with Crippen molar-refractivity contribution >= 4 is 71.5 Å². The molecule has 0 saturated carbocycles. The Morgan fingerprint density at radius 1 is 1.44 bits per heavy atom. The Kier molecular flexibility index (Phi) is 3.89. The molecule has 0 unspecified atom stereocenters. The second-order valence-corrected chi connectivity index (χ2v) is 7.83. The van der Waals surface area contributed by atoms with E-state index in [0.717, 1.165) is 8.28 Å². The number of aromatic nitrogens is 3. The van der Waals surface area contributed by atoms with Gasteiger partial charge in [-0.05, 0) is 38.5 Å². The lowest BCUT2D eigenvalue weighted by atomic mass is 10.5. The predicted molar refractivity (Wildman–Crippen MR) is 81.0 cm³/mol. The van der Waals surface area contributed by atoms with Gasteiger partial charge in [0.15, 0.2) is 10.8 Å². The monoisotopic (exact) mass is 464 g/mol. The normalized spacial score (nSPS) is 12.6. The van der Waals surface area contributed by atoms with Gasteiger partial charge in [-0.3, -0.25) is 0 Å². The van der Waals surface area contributed by atoms with Crippen LogP contribution in [0.15, 0.2) is 10.8 Å². The molecule has 0 spiro atoms. The van der Waals surface area contributed by atoms with Crippen LogP contribution >= 0.6 is 50.1 Å². The van der Waals surface area contributed by atoms with Crippen LogP contribution in [-0.4, -0.2) is 40.8 Å². The smallest absolute Gasteiger partial charge is 0.233 e. The molecule has 0 saturated heterocycles. The fraction of sp³-hybridized carbons (Fsp3) is 0.250. The second-order valence-electron chi connectivity index (χ2n) is 3.54. The molecule has 10 heteroatoms. The molecule has 0 radical (unpaired) electrons. The summed E-state index contributed by atoms with van der Waals surface area (Å²) in [4.78, 5) is 8.23. The van der Waals surface area contributed by atoms with E-state index in [4.69, 9.17) is 11.6 Å². The van der Waals surface area contributed by atoms with E-state index in [9.17, 15) is 8.42 Å². The first-order valence-corrected chi connectivity index (χ1v) is 8.22. The first kappa shape index (κ1) is 14.4. The Labute approximate surface area is 131 Å². The summed E-state index contributed by atoms with van der Waals surface area (Å²) < 4.78 is 27.5. The van der Waals surface area contributed by atoms with E-state index in [1.54, 1.807) is 0 Å². The molecule has 0 atom stereocenters. The van der Waals surface area contributed by atoms with Crippen molar-refractivity contribution in [3.8, 4) is 0 Å².